The highest BCUT2D eigenvalue weighted by Gasteiger charge is 2.13. The summed E-state index contributed by atoms with van der Waals surface area (Å²) in [5.74, 6) is 0. The summed E-state index contributed by atoms with van der Waals surface area (Å²) in [4.78, 5) is 5.16. The highest BCUT2D eigenvalue weighted by Crippen LogP contribution is 2.13. The van der Waals surface area contributed by atoms with Crippen LogP contribution in [0.15, 0.2) is 0 Å². The van der Waals surface area contributed by atoms with E-state index in [0.29, 0.717) is 0 Å². The minimum absolute atomic E-state index is 1.19. The highest BCUT2D eigenvalue weighted by molar-refractivity contribution is 4.77. The third-order valence-corrected chi connectivity index (χ3v) is 3.69. The standard InChI is InChI=1S/C13H25N2/c1-2-5-9-14(8-4-1)12-13-15-10-6-3-7-11-15/h12H,1-11,13H2. The van der Waals surface area contributed by atoms with Gasteiger partial charge in [0.2, 0.25) is 0 Å². The second kappa shape index (κ2) is 6.49. The zero-order valence-corrected chi connectivity index (χ0v) is 9.96. The Bertz CT molecular complexity index is 156. The number of hydrogen-bond acceptors (Lipinski definition) is 2. The average Bonchev–Trinajstić information content (AvgIpc) is 2.56. The van der Waals surface area contributed by atoms with Crippen LogP contribution in [-0.2, 0) is 0 Å². The molecule has 15 heavy (non-hydrogen) atoms. The molecule has 2 heterocycles. The quantitative estimate of drug-likeness (QED) is 0.704. The van der Waals surface area contributed by atoms with E-state index in [1.807, 2.05) is 0 Å². The number of piperidine rings is 1. The van der Waals surface area contributed by atoms with Crippen molar-refractivity contribution < 1.29 is 0 Å². The predicted molar refractivity (Wildman–Crippen MR) is 64.6 cm³/mol. The van der Waals surface area contributed by atoms with Gasteiger partial charge in [0.15, 0.2) is 0 Å². The third kappa shape index (κ3) is 4.12. The van der Waals surface area contributed by atoms with Gasteiger partial charge in [0.1, 0.15) is 0 Å². The van der Waals surface area contributed by atoms with Gasteiger partial charge < -0.3 is 4.90 Å². The van der Waals surface area contributed by atoms with Gasteiger partial charge in [0, 0.05) is 13.1 Å². The van der Waals surface area contributed by atoms with E-state index >= 15 is 0 Å². The van der Waals surface area contributed by atoms with E-state index in [4.69, 9.17) is 0 Å². The van der Waals surface area contributed by atoms with Crippen molar-refractivity contribution in [1.29, 1.82) is 0 Å². The Morgan fingerprint density at radius 3 is 1.87 bits per heavy atom. The molecule has 2 saturated heterocycles. The second-order valence-corrected chi connectivity index (χ2v) is 4.99. The highest BCUT2D eigenvalue weighted by atomic mass is 15.2. The fourth-order valence-electron chi connectivity index (χ4n) is 2.65. The minimum atomic E-state index is 1.19. The molecule has 0 aliphatic carbocycles. The molecule has 0 aromatic carbocycles. The van der Waals surface area contributed by atoms with Crippen LogP contribution in [0.4, 0.5) is 0 Å². The van der Waals surface area contributed by atoms with Crippen LogP contribution in [0.2, 0.25) is 0 Å². The van der Waals surface area contributed by atoms with E-state index in [1.54, 1.807) is 0 Å². The van der Waals surface area contributed by atoms with Gasteiger partial charge >= 0.3 is 0 Å². The Hall–Kier alpha value is -0.0800. The lowest BCUT2D eigenvalue weighted by Crippen LogP contribution is -2.35. The van der Waals surface area contributed by atoms with Crippen LogP contribution in [-0.4, -0.2) is 42.5 Å². The number of rotatable bonds is 3. The second-order valence-electron chi connectivity index (χ2n) is 4.99. The normalized spacial score (nSPS) is 26.4. The third-order valence-electron chi connectivity index (χ3n) is 3.69. The van der Waals surface area contributed by atoms with E-state index in [-0.39, 0.29) is 0 Å². The van der Waals surface area contributed by atoms with Crippen molar-refractivity contribution in [3.8, 4) is 0 Å². The molecule has 2 rings (SSSR count). The molecule has 0 saturated carbocycles. The monoisotopic (exact) mass is 209 g/mol. The van der Waals surface area contributed by atoms with Gasteiger partial charge in [-0.2, -0.15) is 0 Å². The molecule has 2 aliphatic rings. The summed E-state index contributed by atoms with van der Waals surface area (Å²) in [7, 11) is 0. The van der Waals surface area contributed by atoms with Crippen molar-refractivity contribution in [3.05, 3.63) is 6.54 Å². The molecule has 0 aromatic rings. The molecular weight excluding hydrogens is 184 g/mol. The predicted octanol–water partition coefficient (Wildman–Crippen LogP) is 2.51. The van der Waals surface area contributed by atoms with Crippen molar-refractivity contribution >= 4 is 0 Å². The molecule has 1 radical (unpaired) electrons. The Morgan fingerprint density at radius 2 is 1.20 bits per heavy atom. The molecule has 0 spiro atoms. The SMILES string of the molecule is [CH](CN1CCCCC1)N1CCCCCC1. The first-order valence-electron chi connectivity index (χ1n) is 6.75. The molecule has 2 heteroatoms. The first-order valence-corrected chi connectivity index (χ1v) is 6.75. The lowest BCUT2D eigenvalue weighted by Gasteiger charge is -2.29. The number of likely N-dealkylation sites (tertiary alicyclic amines) is 2. The zero-order chi connectivity index (χ0) is 10.3. The molecule has 0 aromatic heterocycles. The molecule has 2 fully saturated rings. The molecular formula is C13H25N2. The zero-order valence-electron chi connectivity index (χ0n) is 9.96. The molecule has 0 N–H and O–H groups in total. The van der Waals surface area contributed by atoms with Crippen LogP contribution in [0.3, 0.4) is 0 Å². The molecule has 0 bridgehead atoms. The van der Waals surface area contributed by atoms with Crippen LogP contribution in [0, 0.1) is 6.54 Å². The molecule has 0 atom stereocenters. The summed E-state index contributed by atoms with van der Waals surface area (Å²) in [5, 5.41) is 0. The van der Waals surface area contributed by atoms with Gasteiger partial charge in [-0.1, -0.05) is 19.3 Å². The van der Waals surface area contributed by atoms with Gasteiger partial charge in [-0.05, 0) is 51.9 Å². The van der Waals surface area contributed by atoms with Gasteiger partial charge in [0.05, 0.1) is 0 Å². The maximum Gasteiger partial charge on any atom is 0.0391 e. The smallest absolute Gasteiger partial charge is 0.0391 e. The lowest BCUT2D eigenvalue weighted by molar-refractivity contribution is 0.214. The largest absolute Gasteiger partial charge is 0.302 e. The summed E-state index contributed by atoms with van der Waals surface area (Å²) < 4.78 is 0. The van der Waals surface area contributed by atoms with Crippen LogP contribution in [0.1, 0.15) is 44.9 Å². The topological polar surface area (TPSA) is 6.48 Å². The van der Waals surface area contributed by atoms with E-state index < -0.39 is 0 Å². The van der Waals surface area contributed by atoms with Crippen LogP contribution in [0.25, 0.3) is 0 Å². The van der Waals surface area contributed by atoms with Crippen LogP contribution >= 0.6 is 0 Å². The van der Waals surface area contributed by atoms with E-state index in [9.17, 15) is 0 Å². The van der Waals surface area contributed by atoms with Gasteiger partial charge in [-0.15, -0.1) is 0 Å². The van der Waals surface area contributed by atoms with Crippen molar-refractivity contribution in [2.45, 2.75) is 44.9 Å². The number of hydrogen-bond donors (Lipinski definition) is 0. The Balaban J connectivity index is 1.62. The average molecular weight is 209 g/mol. The maximum absolute atomic E-state index is 2.61. The summed E-state index contributed by atoms with van der Waals surface area (Å²) >= 11 is 0. The summed E-state index contributed by atoms with van der Waals surface area (Å²) in [5.41, 5.74) is 0. The van der Waals surface area contributed by atoms with Crippen molar-refractivity contribution in [2.24, 2.45) is 0 Å². The first-order chi connectivity index (χ1) is 7.45. The van der Waals surface area contributed by atoms with Gasteiger partial charge in [-0.25, -0.2) is 0 Å². The molecule has 2 nitrogen and oxygen atoms in total. The van der Waals surface area contributed by atoms with Gasteiger partial charge in [0.25, 0.3) is 0 Å². The minimum Gasteiger partial charge on any atom is -0.302 e. The Morgan fingerprint density at radius 1 is 0.667 bits per heavy atom. The molecule has 0 amide bonds. The first kappa shape index (κ1) is 11.4. The lowest BCUT2D eigenvalue weighted by atomic mass is 10.1. The Kier molecular flexibility index (Phi) is 4.94. The van der Waals surface area contributed by atoms with Crippen LogP contribution < -0.4 is 0 Å². The molecule has 0 unspecified atom stereocenters. The van der Waals surface area contributed by atoms with Crippen molar-refractivity contribution in [3.63, 3.8) is 0 Å². The van der Waals surface area contributed by atoms with E-state index in [0.717, 1.165) is 0 Å². The fraction of sp³-hybridized carbons (Fsp3) is 0.923. The Labute approximate surface area is 94.6 Å². The summed E-state index contributed by atoms with van der Waals surface area (Å²) in [6.45, 7) is 8.90. The summed E-state index contributed by atoms with van der Waals surface area (Å²) in [6, 6.07) is 0. The fourth-order valence-corrected chi connectivity index (χ4v) is 2.65. The van der Waals surface area contributed by atoms with Crippen LogP contribution in [0.5, 0.6) is 0 Å². The van der Waals surface area contributed by atoms with Crippen molar-refractivity contribution in [2.75, 3.05) is 32.7 Å². The van der Waals surface area contributed by atoms with E-state index in [2.05, 4.69) is 16.3 Å². The number of nitrogens with zero attached hydrogens (tertiary/aromatic N) is 2. The van der Waals surface area contributed by atoms with Crippen molar-refractivity contribution in [1.82, 2.24) is 9.80 Å². The molecule has 87 valence electrons. The summed E-state index contributed by atoms with van der Waals surface area (Å²) in [6.07, 6.45) is 9.94. The van der Waals surface area contributed by atoms with E-state index in [1.165, 1.54) is 77.7 Å². The maximum atomic E-state index is 2.61. The molecule has 2 aliphatic heterocycles. The van der Waals surface area contributed by atoms with Gasteiger partial charge in [-0.3, -0.25) is 4.90 Å².